The van der Waals surface area contributed by atoms with E-state index in [1.54, 1.807) is 0 Å². The highest BCUT2D eigenvalue weighted by atomic mass is 32.2. The van der Waals surface area contributed by atoms with Gasteiger partial charge < -0.3 is 4.18 Å². The molecule has 0 radical (unpaired) electrons. The summed E-state index contributed by atoms with van der Waals surface area (Å²) in [7, 11) is -5.97. The fourth-order valence-corrected chi connectivity index (χ4v) is 2.07. The minimum atomic E-state index is -5.97. The Balaban J connectivity index is 2.56. The fraction of sp³-hybridized carbons (Fsp3) is 0.455. The topological polar surface area (TPSA) is 80.0 Å². The van der Waals surface area contributed by atoms with Gasteiger partial charge >= 0.3 is 15.6 Å². The van der Waals surface area contributed by atoms with Gasteiger partial charge in [0.15, 0.2) is 0 Å². The maximum absolute atomic E-state index is 13.9. The standard InChI is InChI=1S/C11H8F4N2O3S/c1-5-7(4-16)10(20-21(18,19)11(13,14)15)17-9(8(5)12)6-2-3-6/h6H,2-3H2,1H3. The molecule has 0 aliphatic heterocycles. The molecular formula is C11H8F4N2O3S. The molecule has 1 heterocycles. The molecular weight excluding hydrogens is 316 g/mol. The van der Waals surface area contributed by atoms with E-state index in [9.17, 15) is 26.0 Å². The van der Waals surface area contributed by atoms with Crippen LogP contribution < -0.4 is 4.18 Å². The smallest absolute Gasteiger partial charge is 0.354 e. The van der Waals surface area contributed by atoms with Gasteiger partial charge in [0.05, 0.1) is 5.69 Å². The zero-order chi connectivity index (χ0) is 16.0. The Bertz CT molecular complexity index is 733. The first-order valence-electron chi connectivity index (χ1n) is 5.69. The van der Waals surface area contributed by atoms with Crippen LogP contribution in [-0.2, 0) is 10.1 Å². The lowest BCUT2D eigenvalue weighted by molar-refractivity contribution is -0.0501. The highest BCUT2D eigenvalue weighted by Crippen LogP contribution is 2.42. The van der Waals surface area contributed by atoms with E-state index in [1.165, 1.54) is 6.07 Å². The highest BCUT2D eigenvalue weighted by Gasteiger charge is 2.49. The molecule has 0 saturated heterocycles. The van der Waals surface area contributed by atoms with E-state index >= 15 is 0 Å². The van der Waals surface area contributed by atoms with E-state index in [4.69, 9.17) is 5.26 Å². The second kappa shape index (κ2) is 4.84. The van der Waals surface area contributed by atoms with Crippen LogP contribution in [-0.4, -0.2) is 18.9 Å². The maximum Gasteiger partial charge on any atom is 0.534 e. The van der Waals surface area contributed by atoms with Gasteiger partial charge in [-0.25, -0.2) is 9.37 Å². The third kappa shape index (κ3) is 2.78. The predicted molar refractivity (Wildman–Crippen MR) is 61.2 cm³/mol. The molecule has 5 nitrogen and oxygen atoms in total. The van der Waals surface area contributed by atoms with Gasteiger partial charge in [0, 0.05) is 11.5 Å². The summed E-state index contributed by atoms with van der Waals surface area (Å²) in [6.45, 7) is 1.15. The van der Waals surface area contributed by atoms with Crippen LogP contribution in [0.1, 0.15) is 35.6 Å². The molecule has 21 heavy (non-hydrogen) atoms. The average molecular weight is 324 g/mol. The molecule has 0 N–H and O–H groups in total. The third-order valence-corrected chi connectivity index (χ3v) is 3.86. The number of nitrogens with zero attached hydrogens (tertiary/aromatic N) is 2. The van der Waals surface area contributed by atoms with Gasteiger partial charge in [0.25, 0.3) is 5.88 Å². The second-order valence-electron chi connectivity index (χ2n) is 4.49. The molecule has 1 saturated carbocycles. The number of rotatable bonds is 3. The summed E-state index contributed by atoms with van der Waals surface area (Å²) in [5.74, 6) is -2.17. The Hall–Kier alpha value is -1.89. The first-order chi connectivity index (χ1) is 9.58. The van der Waals surface area contributed by atoms with Crippen LogP contribution in [0.5, 0.6) is 5.88 Å². The van der Waals surface area contributed by atoms with Crippen LogP contribution in [0.4, 0.5) is 17.6 Å². The quantitative estimate of drug-likeness (QED) is 0.485. The van der Waals surface area contributed by atoms with E-state index in [-0.39, 0.29) is 17.2 Å². The summed E-state index contributed by atoms with van der Waals surface area (Å²) in [6.07, 6.45) is 1.17. The average Bonchev–Trinajstić information content (AvgIpc) is 3.16. The van der Waals surface area contributed by atoms with Crippen LogP contribution in [0, 0.1) is 24.1 Å². The molecule has 0 bridgehead atoms. The molecule has 1 aliphatic rings. The molecule has 0 aromatic carbocycles. The molecule has 1 aromatic heterocycles. The summed E-state index contributed by atoms with van der Waals surface area (Å²) in [4.78, 5) is 3.47. The van der Waals surface area contributed by atoms with Gasteiger partial charge in [-0.05, 0) is 19.8 Å². The number of aromatic nitrogens is 1. The first-order valence-corrected chi connectivity index (χ1v) is 7.10. The van der Waals surface area contributed by atoms with Gasteiger partial charge in [-0.2, -0.15) is 26.9 Å². The molecule has 2 rings (SSSR count). The van der Waals surface area contributed by atoms with Crippen molar-refractivity contribution in [3.63, 3.8) is 0 Å². The largest absolute Gasteiger partial charge is 0.534 e. The monoisotopic (exact) mass is 324 g/mol. The molecule has 0 atom stereocenters. The van der Waals surface area contributed by atoms with Gasteiger partial charge in [0.2, 0.25) is 0 Å². The van der Waals surface area contributed by atoms with Crippen molar-refractivity contribution in [3.05, 3.63) is 22.6 Å². The van der Waals surface area contributed by atoms with Crippen LogP contribution in [0.15, 0.2) is 0 Å². The van der Waals surface area contributed by atoms with E-state index in [1.807, 2.05) is 0 Å². The summed E-state index contributed by atoms with van der Waals surface area (Å²) >= 11 is 0. The number of nitriles is 1. The van der Waals surface area contributed by atoms with Gasteiger partial charge in [-0.15, -0.1) is 0 Å². The fourth-order valence-electron chi connectivity index (χ4n) is 1.65. The molecule has 114 valence electrons. The number of pyridine rings is 1. The van der Waals surface area contributed by atoms with Crippen molar-refractivity contribution < 1.29 is 30.2 Å². The van der Waals surface area contributed by atoms with Crippen molar-refractivity contribution in [1.29, 1.82) is 5.26 Å². The Morgan fingerprint density at radius 1 is 1.38 bits per heavy atom. The van der Waals surface area contributed by atoms with Crippen molar-refractivity contribution in [2.24, 2.45) is 0 Å². The van der Waals surface area contributed by atoms with Crippen LogP contribution in [0.3, 0.4) is 0 Å². The molecule has 1 fully saturated rings. The van der Waals surface area contributed by atoms with E-state index in [2.05, 4.69) is 9.17 Å². The predicted octanol–water partition coefficient (Wildman–Crippen LogP) is 2.51. The van der Waals surface area contributed by atoms with Crippen molar-refractivity contribution in [1.82, 2.24) is 4.98 Å². The van der Waals surface area contributed by atoms with Gasteiger partial charge in [-0.1, -0.05) is 0 Å². The molecule has 0 spiro atoms. The van der Waals surface area contributed by atoms with Crippen molar-refractivity contribution in [2.75, 3.05) is 0 Å². The van der Waals surface area contributed by atoms with Crippen LogP contribution in [0.25, 0.3) is 0 Å². The van der Waals surface area contributed by atoms with E-state index < -0.39 is 32.9 Å². The zero-order valence-electron chi connectivity index (χ0n) is 10.5. The molecule has 1 aromatic rings. The SMILES string of the molecule is Cc1c(F)c(C2CC2)nc(OS(=O)(=O)C(F)(F)F)c1C#N. The first kappa shape index (κ1) is 15.5. The minimum Gasteiger partial charge on any atom is -0.354 e. The lowest BCUT2D eigenvalue weighted by Gasteiger charge is -2.13. The maximum atomic E-state index is 13.9. The number of hydrogen-bond donors (Lipinski definition) is 0. The van der Waals surface area contributed by atoms with Gasteiger partial charge in [-0.3, -0.25) is 0 Å². The Labute approximate surface area is 117 Å². The zero-order valence-corrected chi connectivity index (χ0v) is 11.3. The lowest BCUT2D eigenvalue weighted by Crippen LogP contribution is -2.29. The van der Waals surface area contributed by atoms with Crippen LogP contribution in [0.2, 0.25) is 0 Å². The van der Waals surface area contributed by atoms with Crippen molar-refractivity contribution >= 4 is 10.1 Å². The summed E-state index contributed by atoms with van der Waals surface area (Å²) in [6, 6.07) is 1.41. The molecule has 0 unspecified atom stereocenters. The minimum absolute atomic E-state index is 0.182. The summed E-state index contributed by atoms with van der Waals surface area (Å²) in [5.41, 5.74) is -6.81. The molecule has 10 heteroatoms. The van der Waals surface area contributed by atoms with Crippen molar-refractivity contribution in [3.8, 4) is 11.9 Å². The Kier molecular flexibility index (Phi) is 3.57. The highest BCUT2D eigenvalue weighted by molar-refractivity contribution is 7.87. The summed E-state index contributed by atoms with van der Waals surface area (Å²) < 4.78 is 76.7. The third-order valence-electron chi connectivity index (χ3n) is 2.91. The summed E-state index contributed by atoms with van der Waals surface area (Å²) in [5, 5.41) is 8.86. The number of alkyl halides is 3. The Morgan fingerprint density at radius 3 is 2.38 bits per heavy atom. The van der Waals surface area contributed by atoms with E-state index in [0.717, 1.165) is 6.92 Å². The Morgan fingerprint density at radius 2 is 1.95 bits per heavy atom. The lowest BCUT2D eigenvalue weighted by atomic mass is 10.1. The molecule has 0 amide bonds. The molecule has 1 aliphatic carbocycles. The number of halogens is 4. The number of hydrogen-bond acceptors (Lipinski definition) is 5. The van der Waals surface area contributed by atoms with Crippen LogP contribution >= 0.6 is 0 Å². The van der Waals surface area contributed by atoms with Gasteiger partial charge in [0.1, 0.15) is 17.4 Å². The van der Waals surface area contributed by atoms with Crippen molar-refractivity contribution in [2.45, 2.75) is 31.2 Å². The second-order valence-corrected chi connectivity index (χ2v) is 6.02. The van der Waals surface area contributed by atoms with E-state index in [0.29, 0.717) is 12.8 Å². The normalized spacial score (nSPS) is 15.6.